The van der Waals surface area contributed by atoms with Crippen molar-refractivity contribution in [2.45, 2.75) is 81.2 Å². The molecule has 2 heterocycles. The third kappa shape index (κ3) is 1.74. The number of aliphatic hydroxyl groups is 2. The van der Waals surface area contributed by atoms with Crippen LogP contribution in [0.25, 0.3) is 0 Å². The Bertz CT molecular complexity index is 811. The van der Waals surface area contributed by atoms with E-state index in [-0.39, 0.29) is 59.5 Å². The van der Waals surface area contributed by atoms with Crippen molar-refractivity contribution in [1.29, 1.82) is 0 Å². The summed E-state index contributed by atoms with van der Waals surface area (Å²) in [5.74, 6) is 0.606. The zero-order valence-electron chi connectivity index (χ0n) is 19.1. The number of likely N-dealkylation sites (tertiary alicyclic amines) is 1. The maximum Gasteiger partial charge on any atom is 0.148 e. The lowest BCUT2D eigenvalue weighted by Gasteiger charge is -2.69. The SMILES string of the molecule is CCN1C[C@]2(C)CC[C@H](OC)[C@@]34[C@@H]5C[C@H]6[C@H](OC)[C@@H]5[C@@]5(C[C@@H]6O)OCO[C@@]5([C@@H](O)[C@H]23)[C@@H]14. The number of likely N-dealkylation sites (N-methyl/N-ethyl adjacent to an activating group) is 1. The number of piperidine rings is 1. The number of rotatable bonds is 3. The Morgan fingerprint density at radius 3 is 2.68 bits per heavy atom. The van der Waals surface area contributed by atoms with Crippen molar-refractivity contribution in [3.05, 3.63) is 0 Å². The molecule has 0 unspecified atom stereocenters. The molecule has 7 nitrogen and oxygen atoms in total. The van der Waals surface area contributed by atoms with Gasteiger partial charge in [0, 0.05) is 50.4 Å². The molecule has 7 rings (SSSR count). The maximum absolute atomic E-state index is 12.3. The van der Waals surface area contributed by atoms with Crippen molar-refractivity contribution in [2.75, 3.05) is 34.1 Å². The lowest BCUT2D eigenvalue weighted by atomic mass is 9.43. The molecule has 0 radical (unpaired) electrons. The smallest absolute Gasteiger partial charge is 0.148 e. The van der Waals surface area contributed by atoms with Gasteiger partial charge in [-0.15, -0.1) is 0 Å². The summed E-state index contributed by atoms with van der Waals surface area (Å²) in [4.78, 5) is 2.59. The fraction of sp³-hybridized carbons (Fsp3) is 1.00. The Labute approximate surface area is 184 Å². The topological polar surface area (TPSA) is 80.6 Å². The minimum atomic E-state index is -0.846. The van der Waals surface area contributed by atoms with Crippen LogP contribution in [0.5, 0.6) is 0 Å². The van der Waals surface area contributed by atoms with Gasteiger partial charge in [-0.1, -0.05) is 13.8 Å². The number of methoxy groups -OCH3 is 2. The average molecular weight is 436 g/mol. The second-order valence-corrected chi connectivity index (χ2v) is 11.9. The van der Waals surface area contributed by atoms with Crippen LogP contribution in [0.4, 0.5) is 0 Å². The number of fused-ring (bicyclic) bond motifs is 1. The van der Waals surface area contributed by atoms with Crippen molar-refractivity contribution < 1.29 is 29.2 Å². The summed E-state index contributed by atoms with van der Waals surface area (Å²) in [6, 6.07) is 0.0358. The third-order valence-corrected chi connectivity index (χ3v) is 11.6. The standard InChI is InChI=1S/C24H37NO6/c1-5-25-10-21(2)7-6-15(28-3)23-13-8-12-14(26)9-22(16(13)17(12)29-4)24(20(23)25,31-11-30-22)19(27)18(21)23/h12-20,26-27H,5-11H2,1-4H3/t12-,13-,14+,15+,16-,17+,18-,19+,20+,21+,22-,23+,24+/m1/s1. The second-order valence-electron chi connectivity index (χ2n) is 11.9. The van der Waals surface area contributed by atoms with Gasteiger partial charge in [0.05, 0.1) is 30.5 Å². The van der Waals surface area contributed by atoms with Crippen molar-refractivity contribution in [3.8, 4) is 0 Å². The molecule has 0 amide bonds. The van der Waals surface area contributed by atoms with Gasteiger partial charge in [0.1, 0.15) is 18.0 Å². The number of hydrogen-bond acceptors (Lipinski definition) is 7. The summed E-state index contributed by atoms with van der Waals surface area (Å²) < 4.78 is 25.7. The van der Waals surface area contributed by atoms with Gasteiger partial charge in [-0.25, -0.2) is 0 Å². The van der Waals surface area contributed by atoms with Crippen LogP contribution in [0.15, 0.2) is 0 Å². The normalized spacial score (nSPS) is 65.8. The zero-order valence-corrected chi connectivity index (χ0v) is 19.1. The Morgan fingerprint density at radius 1 is 1.16 bits per heavy atom. The first-order valence-corrected chi connectivity index (χ1v) is 12.3. The van der Waals surface area contributed by atoms with Crippen LogP contribution in [0.3, 0.4) is 0 Å². The van der Waals surface area contributed by atoms with Crippen molar-refractivity contribution in [3.63, 3.8) is 0 Å². The van der Waals surface area contributed by atoms with E-state index in [0.717, 1.165) is 32.4 Å². The van der Waals surface area contributed by atoms with Gasteiger partial charge >= 0.3 is 0 Å². The first kappa shape index (κ1) is 20.1. The van der Waals surface area contributed by atoms with Crippen molar-refractivity contribution in [1.82, 2.24) is 4.90 Å². The van der Waals surface area contributed by atoms with Crippen LogP contribution in [0, 0.1) is 34.5 Å². The highest BCUT2D eigenvalue weighted by molar-refractivity contribution is 5.42. The van der Waals surface area contributed by atoms with Gasteiger partial charge < -0.3 is 29.2 Å². The number of ether oxygens (including phenoxy) is 4. The Kier molecular flexibility index (Phi) is 3.80. The van der Waals surface area contributed by atoms with Crippen LogP contribution in [0.1, 0.15) is 39.5 Å². The summed E-state index contributed by atoms with van der Waals surface area (Å²) in [7, 11) is 3.62. The van der Waals surface area contributed by atoms with E-state index < -0.39 is 23.4 Å². The molecular formula is C24H37NO6. The first-order chi connectivity index (χ1) is 14.9. The second kappa shape index (κ2) is 5.85. The summed E-state index contributed by atoms with van der Waals surface area (Å²) in [5, 5.41) is 23.6. The lowest BCUT2D eigenvalue weighted by Crippen LogP contribution is -2.80. The third-order valence-electron chi connectivity index (χ3n) is 11.6. The Hall–Kier alpha value is -0.280. The van der Waals surface area contributed by atoms with Crippen LogP contribution in [0.2, 0.25) is 0 Å². The zero-order chi connectivity index (χ0) is 21.6. The molecule has 7 heteroatoms. The van der Waals surface area contributed by atoms with Crippen LogP contribution in [-0.2, 0) is 18.9 Å². The molecule has 3 spiro atoms. The summed E-state index contributed by atoms with van der Waals surface area (Å²) in [6.45, 7) is 6.69. The van der Waals surface area contributed by atoms with Gasteiger partial charge in [-0.05, 0) is 37.1 Å². The van der Waals surface area contributed by atoms with E-state index in [1.54, 1.807) is 7.11 Å². The van der Waals surface area contributed by atoms with E-state index in [0.29, 0.717) is 6.42 Å². The highest BCUT2D eigenvalue weighted by Gasteiger charge is 2.93. The van der Waals surface area contributed by atoms with E-state index in [1.165, 1.54) is 0 Å². The molecule has 5 saturated carbocycles. The number of aliphatic hydroxyl groups excluding tert-OH is 2. The Morgan fingerprint density at radius 2 is 1.97 bits per heavy atom. The fourth-order valence-electron chi connectivity index (χ4n) is 11.2. The predicted molar refractivity (Wildman–Crippen MR) is 110 cm³/mol. The van der Waals surface area contributed by atoms with E-state index in [4.69, 9.17) is 18.9 Å². The number of nitrogens with zero attached hydrogens (tertiary/aromatic N) is 1. The summed E-state index contributed by atoms with van der Waals surface area (Å²) >= 11 is 0. The molecule has 174 valence electrons. The van der Waals surface area contributed by atoms with Gasteiger partial charge in [0.15, 0.2) is 0 Å². The molecule has 5 aliphatic carbocycles. The predicted octanol–water partition coefficient (Wildman–Crippen LogP) is 1.01. The molecule has 2 aliphatic heterocycles. The largest absolute Gasteiger partial charge is 0.393 e. The minimum Gasteiger partial charge on any atom is -0.393 e. The molecule has 7 aliphatic rings. The molecule has 0 aromatic carbocycles. The average Bonchev–Trinajstić information content (AvgIpc) is 3.33. The summed E-state index contributed by atoms with van der Waals surface area (Å²) in [6.07, 6.45) is 2.38. The van der Waals surface area contributed by atoms with Crippen LogP contribution >= 0.6 is 0 Å². The lowest BCUT2D eigenvalue weighted by molar-refractivity contribution is -0.282. The monoisotopic (exact) mass is 435 g/mol. The molecule has 31 heavy (non-hydrogen) atoms. The Balaban J connectivity index is 1.57. The van der Waals surface area contributed by atoms with Gasteiger partial charge in [0.2, 0.25) is 0 Å². The molecule has 7 fully saturated rings. The van der Waals surface area contributed by atoms with E-state index >= 15 is 0 Å². The van der Waals surface area contributed by atoms with E-state index in [9.17, 15) is 10.2 Å². The minimum absolute atomic E-state index is 0.00943. The van der Waals surface area contributed by atoms with Crippen LogP contribution in [-0.4, -0.2) is 90.9 Å². The molecular weight excluding hydrogens is 398 g/mol. The molecule has 0 aromatic heterocycles. The van der Waals surface area contributed by atoms with Gasteiger partial charge in [-0.2, -0.15) is 0 Å². The molecule has 0 aromatic rings. The highest BCUT2D eigenvalue weighted by atomic mass is 16.7. The fourth-order valence-corrected chi connectivity index (χ4v) is 11.2. The van der Waals surface area contributed by atoms with Gasteiger partial charge in [-0.3, -0.25) is 4.90 Å². The van der Waals surface area contributed by atoms with Crippen molar-refractivity contribution in [2.24, 2.45) is 34.5 Å². The molecule has 2 N–H and O–H groups in total. The van der Waals surface area contributed by atoms with Crippen LogP contribution < -0.4 is 0 Å². The van der Waals surface area contributed by atoms with Gasteiger partial charge in [0.25, 0.3) is 0 Å². The number of hydrogen-bond donors (Lipinski definition) is 2. The maximum atomic E-state index is 12.3. The molecule has 2 saturated heterocycles. The molecule has 7 bridgehead atoms. The molecule has 13 atom stereocenters. The van der Waals surface area contributed by atoms with E-state index in [1.807, 2.05) is 7.11 Å². The van der Waals surface area contributed by atoms with E-state index in [2.05, 4.69) is 18.7 Å². The highest BCUT2D eigenvalue weighted by Crippen LogP contribution is 2.82. The first-order valence-electron chi connectivity index (χ1n) is 12.3. The summed E-state index contributed by atoms with van der Waals surface area (Å²) in [5.41, 5.74) is -1.77. The quantitative estimate of drug-likeness (QED) is 0.685. The van der Waals surface area contributed by atoms with Crippen molar-refractivity contribution >= 4 is 0 Å².